The van der Waals surface area contributed by atoms with Gasteiger partial charge in [0.1, 0.15) is 5.52 Å². The first-order chi connectivity index (χ1) is 15.4. The molecule has 146 valence electrons. The summed E-state index contributed by atoms with van der Waals surface area (Å²) in [7, 11) is 0. The smallest absolute Gasteiger partial charge is 0.194 e. The van der Waals surface area contributed by atoms with Crippen molar-refractivity contribution in [2.75, 3.05) is 0 Å². The molecule has 1 aliphatic rings. The zero-order chi connectivity index (χ0) is 20.4. The highest BCUT2D eigenvalue weighted by molar-refractivity contribution is 6.12. The first-order valence-corrected chi connectivity index (χ1v) is 10.4. The number of benzene rings is 5. The molecule has 1 aromatic heterocycles. The lowest BCUT2D eigenvalue weighted by Crippen LogP contribution is -2.02. The number of hydrogen-bond donors (Lipinski definition) is 0. The van der Waals surface area contributed by atoms with E-state index in [1.165, 1.54) is 5.39 Å². The fraction of sp³-hybridized carbons (Fsp3) is 0. The molecule has 2 heterocycles. The minimum Gasteiger partial charge on any atom is -0.449 e. The Kier molecular flexibility index (Phi) is 3.27. The molecule has 31 heavy (non-hydrogen) atoms. The SMILES string of the molecule is c1ccc(-n2c3ccccc3c3ccc4c(c32)Oc2c(ccc3ccccc23)O4)cc1. The number of rotatable bonds is 1. The van der Waals surface area contributed by atoms with Crippen LogP contribution in [0.4, 0.5) is 0 Å². The molecule has 0 amide bonds. The standard InChI is InChI=1S/C28H17NO2/c1-2-9-19(10-3-1)29-23-13-7-6-12-21(23)22-15-17-25-28(26(22)29)31-27-20-11-5-4-8-18(20)14-16-24(27)30-25/h1-17H. The van der Waals surface area contributed by atoms with E-state index in [-0.39, 0.29) is 0 Å². The second-order valence-corrected chi connectivity index (χ2v) is 7.80. The van der Waals surface area contributed by atoms with Crippen molar-refractivity contribution in [2.45, 2.75) is 0 Å². The largest absolute Gasteiger partial charge is 0.449 e. The average Bonchev–Trinajstić information content (AvgIpc) is 3.18. The zero-order valence-electron chi connectivity index (χ0n) is 16.6. The van der Waals surface area contributed by atoms with E-state index < -0.39 is 0 Å². The van der Waals surface area contributed by atoms with Crippen LogP contribution in [0.15, 0.2) is 103 Å². The van der Waals surface area contributed by atoms with Gasteiger partial charge in [-0.05, 0) is 41.8 Å². The molecule has 0 saturated carbocycles. The molecule has 0 bridgehead atoms. The normalized spacial score (nSPS) is 12.4. The maximum absolute atomic E-state index is 6.65. The van der Waals surface area contributed by atoms with Gasteiger partial charge in [0.2, 0.25) is 0 Å². The predicted octanol–water partition coefficient (Wildman–Crippen LogP) is 7.83. The van der Waals surface area contributed by atoms with Crippen molar-refractivity contribution in [3.05, 3.63) is 103 Å². The van der Waals surface area contributed by atoms with Crippen LogP contribution in [0.3, 0.4) is 0 Å². The van der Waals surface area contributed by atoms with E-state index in [9.17, 15) is 0 Å². The summed E-state index contributed by atoms with van der Waals surface area (Å²) < 4.78 is 15.3. The maximum atomic E-state index is 6.65. The molecule has 1 aliphatic heterocycles. The van der Waals surface area contributed by atoms with Gasteiger partial charge in [0.15, 0.2) is 23.0 Å². The average molecular weight is 399 g/mol. The monoisotopic (exact) mass is 399 g/mol. The van der Waals surface area contributed by atoms with Crippen LogP contribution >= 0.6 is 0 Å². The lowest BCUT2D eigenvalue weighted by atomic mass is 10.1. The molecule has 5 aromatic carbocycles. The van der Waals surface area contributed by atoms with E-state index in [0.29, 0.717) is 0 Å². The van der Waals surface area contributed by atoms with Crippen LogP contribution in [0.5, 0.6) is 23.0 Å². The summed E-state index contributed by atoms with van der Waals surface area (Å²) in [5.74, 6) is 2.99. The predicted molar refractivity (Wildman–Crippen MR) is 125 cm³/mol. The Bertz CT molecular complexity index is 1630. The van der Waals surface area contributed by atoms with E-state index in [2.05, 4.69) is 77.4 Å². The lowest BCUT2D eigenvalue weighted by molar-refractivity contribution is 0.366. The van der Waals surface area contributed by atoms with E-state index in [4.69, 9.17) is 9.47 Å². The minimum absolute atomic E-state index is 0.732. The van der Waals surface area contributed by atoms with Crippen LogP contribution in [0.2, 0.25) is 0 Å². The van der Waals surface area contributed by atoms with Gasteiger partial charge >= 0.3 is 0 Å². The third kappa shape index (κ3) is 2.29. The minimum atomic E-state index is 0.732. The third-order valence-electron chi connectivity index (χ3n) is 6.04. The number of ether oxygens (including phenoxy) is 2. The van der Waals surface area contributed by atoms with Gasteiger partial charge in [0.25, 0.3) is 0 Å². The molecule has 0 saturated heterocycles. The molecule has 0 aliphatic carbocycles. The van der Waals surface area contributed by atoms with Crippen molar-refractivity contribution in [1.82, 2.24) is 4.57 Å². The Morgan fingerprint density at radius 3 is 2.10 bits per heavy atom. The number of nitrogens with zero attached hydrogens (tertiary/aromatic N) is 1. The molecule has 0 radical (unpaired) electrons. The Morgan fingerprint density at radius 2 is 1.19 bits per heavy atom. The second kappa shape index (κ2) is 6.13. The Hall–Kier alpha value is -4.24. The van der Waals surface area contributed by atoms with Crippen LogP contribution in [-0.2, 0) is 0 Å². The fourth-order valence-corrected chi connectivity index (χ4v) is 4.66. The van der Waals surface area contributed by atoms with Gasteiger partial charge < -0.3 is 14.0 Å². The van der Waals surface area contributed by atoms with Crippen LogP contribution in [0.1, 0.15) is 0 Å². The van der Waals surface area contributed by atoms with E-state index in [0.717, 1.165) is 55.9 Å². The summed E-state index contributed by atoms with van der Waals surface area (Å²) in [5.41, 5.74) is 3.25. The molecule has 0 spiro atoms. The highest BCUT2D eigenvalue weighted by Gasteiger charge is 2.26. The zero-order valence-corrected chi connectivity index (χ0v) is 16.6. The van der Waals surface area contributed by atoms with Crippen molar-refractivity contribution in [1.29, 1.82) is 0 Å². The van der Waals surface area contributed by atoms with Crippen LogP contribution < -0.4 is 9.47 Å². The lowest BCUT2D eigenvalue weighted by Gasteiger charge is -2.23. The van der Waals surface area contributed by atoms with E-state index >= 15 is 0 Å². The number of aromatic nitrogens is 1. The summed E-state index contributed by atoms with van der Waals surface area (Å²) in [6.45, 7) is 0. The molecule has 0 atom stereocenters. The first-order valence-electron chi connectivity index (χ1n) is 10.4. The number of para-hydroxylation sites is 2. The van der Waals surface area contributed by atoms with Crippen LogP contribution in [0, 0.1) is 0 Å². The summed E-state index contributed by atoms with van der Waals surface area (Å²) in [4.78, 5) is 0. The summed E-state index contributed by atoms with van der Waals surface area (Å²) in [5, 5.41) is 4.51. The summed E-state index contributed by atoms with van der Waals surface area (Å²) in [6, 6.07) is 35.3. The van der Waals surface area contributed by atoms with Crippen LogP contribution in [0.25, 0.3) is 38.3 Å². The van der Waals surface area contributed by atoms with Crippen molar-refractivity contribution in [3.8, 4) is 28.7 Å². The van der Waals surface area contributed by atoms with Gasteiger partial charge in [-0.25, -0.2) is 0 Å². The highest BCUT2D eigenvalue weighted by atomic mass is 16.6. The van der Waals surface area contributed by atoms with Crippen molar-refractivity contribution < 1.29 is 9.47 Å². The highest BCUT2D eigenvalue weighted by Crippen LogP contribution is 2.52. The quantitative estimate of drug-likeness (QED) is 0.281. The van der Waals surface area contributed by atoms with Crippen molar-refractivity contribution >= 4 is 32.6 Å². The Morgan fingerprint density at radius 1 is 0.484 bits per heavy atom. The van der Waals surface area contributed by atoms with E-state index in [1.54, 1.807) is 0 Å². The molecular weight excluding hydrogens is 382 g/mol. The molecule has 3 nitrogen and oxygen atoms in total. The number of hydrogen-bond acceptors (Lipinski definition) is 2. The van der Waals surface area contributed by atoms with Gasteiger partial charge in [-0.1, -0.05) is 66.7 Å². The number of fused-ring (bicyclic) bond motifs is 8. The van der Waals surface area contributed by atoms with Gasteiger partial charge in [-0.3, -0.25) is 0 Å². The Labute approximate surface area is 178 Å². The topological polar surface area (TPSA) is 23.4 Å². The molecule has 0 N–H and O–H groups in total. The molecule has 7 rings (SSSR count). The first kappa shape index (κ1) is 16.5. The fourth-order valence-electron chi connectivity index (χ4n) is 4.66. The molecule has 0 unspecified atom stereocenters. The molecule has 6 aromatic rings. The maximum Gasteiger partial charge on any atom is 0.194 e. The molecular formula is C28H17NO2. The van der Waals surface area contributed by atoms with Crippen molar-refractivity contribution in [2.24, 2.45) is 0 Å². The Balaban J connectivity index is 1.59. The van der Waals surface area contributed by atoms with Gasteiger partial charge in [-0.15, -0.1) is 0 Å². The molecule has 0 fully saturated rings. The summed E-state index contributed by atoms with van der Waals surface area (Å²) in [6.07, 6.45) is 0. The van der Waals surface area contributed by atoms with Crippen molar-refractivity contribution in [3.63, 3.8) is 0 Å². The summed E-state index contributed by atoms with van der Waals surface area (Å²) >= 11 is 0. The van der Waals surface area contributed by atoms with Gasteiger partial charge in [0.05, 0.1) is 5.52 Å². The van der Waals surface area contributed by atoms with E-state index in [1.807, 2.05) is 30.3 Å². The third-order valence-corrected chi connectivity index (χ3v) is 6.04. The van der Waals surface area contributed by atoms with Gasteiger partial charge in [0, 0.05) is 21.8 Å². The van der Waals surface area contributed by atoms with Crippen LogP contribution in [-0.4, -0.2) is 4.57 Å². The van der Waals surface area contributed by atoms with Gasteiger partial charge in [-0.2, -0.15) is 0 Å². The molecule has 3 heteroatoms. The second-order valence-electron chi connectivity index (χ2n) is 7.80.